The molecule has 2 nitrogen and oxygen atoms in total. The molecule has 0 bridgehead atoms. The molecular weight excluding hydrogens is 653 g/mol. The molecule has 9 rings (SSSR count). The number of fused-ring (bicyclic) bond motifs is 3. The van der Waals surface area contributed by atoms with E-state index in [-0.39, 0.29) is 0 Å². The molecule has 1 aromatic heterocycles. The quantitative estimate of drug-likeness (QED) is 0.161. The standard InChI is InChI=1S/C52H42N2/c1-35-34-52(54-50-21-13-11-19-47(50)48-20-12-14-22-51(48)54)36(2)33-49(35)46-32-31-45(37(3)38(46)4)41-25-29-44(30-26-41)53(42-17-9-6-10-18-42)43-27-23-40(24-28-43)39-15-7-5-8-16-39/h5-34H,1-4H3. The Morgan fingerprint density at radius 3 is 1.43 bits per heavy atom. The Morgan fingerprint density at radius 2 is 0.815 bits per heavy atom. The minimum atomic E-state index is 1.12. The summed E-state index contributed by atoms with van der Waals surface area (Å²) in [6.45, 7) is 9.04. The number of benzene rings is 8. The van der Waals surface area contributed by atoms with Crippen LogP contribution in [0.3, 0.4) is 0 Å². The SMILES string of the molecule is Cc1cc(-n2c3ccccc3c3ccccc32)c(C)cc1-c1ccc(-c2ccc(N(c3ccccc3)c3ccc(-c4ccccc4)cc3)cc2)c(C)c1C. The van der Waals surface area contributed by atoms with Gasteiger partial charge < -0.3 is 9.47 Å². The summed E-state index contributed by atoms with van der Waals surface area (Å²) in [6, 6.07) is 65.9. The first-order chi connectivity index (χ1) is 26.5. The molecule has 1 heterocycles. The highest BCUT2D eigenvalue weighted by atomic mass is 15.1. The van der Waals surface area contributed by atoms with Crippen molar-refractivity contribution in [1.82, 2.24) is 4.57 Å². The van der Waals surface area contributed by atoms with E-state index >= 15 is 0 Å². The maximum absolute atomic E-state index is 2.43. The first-order valence-corrected chi connectivity index (χ1v) is 18.8. The van der Waals surface area contributed by atoms with Gasteiger partial charge in [0.2, 0.25) is 0 Å². The normalized spacial score (nSPS) is 11.3. The number of aryl methyl sites for hydroxylation is 2. The minimum Gasteiger partial charge on any atom is -0.311 e. The van der Waals surface area contributed by atoms with Crippen LogP contribution in [0.2, 0.25) is 0 Å². The molecule has 0 saturated heterocycles. The molecule has 0 spiro atoms. The summed E-state index contributed by atoms with van der Waals surface area (Å²) in [4.78, 5) is 2.33. The lowest BCUT2D eigenvalue weighted by molar-refractivity contribution is 1.14. The Labute approximate surface area is 318 Å². The van der Waals surface area contributed by atoms with Gasteiger partial charge in [-0.15, -0.1) is 0 Å². The molecule has 0 N–H and O–H groups in total. The Bertz CT molecular complexity index is 2720. The Morgan fingerprint density at radius 1 is 0.352 bits per heavy atom. The highest BCUT2D eigenvalue weighted by Gasteiger charge is 2.18. The van der Waals surface area contributed by atoms with Crippen LogP contribution in [0.15, 0.2) is 182 Å². The van der Waals surface area contributed by atoms with Gasteiger partial charge in [-0.1, -0.05) is 121 Å². The maximum Gasteiger partial charge on any atom is 0.0541 e. The van der Waals surface area contributed by atoms with Crippen molar-refractivity contribution < 1.29 is 0 Å². The highest BCUT2D eigenvalue weighted by Crippen LogP contribution is 2.40. The summed E-state index contributed by atoms with van der Waals surface area (Å²) >= 11 is 0. The number of para-hydroxylation sites is 3. The van der Waals surface area contributed by atoms with Gasteiger partial charge in [-0.05, 0) is 144 Å². The lowest BCUT2D eigenvalue weighted by Crippen LogP contribution is -2.09. The fourth-order valence-electron chi connectivity index (χ4n) is 8.19. The molecular formula is C52H42N2. The zero-order chi connectivity index (χ0) is 36.8. The monoisotopic (exact) mass is 694 g/mol. The molecule has 0 unspecified atom stereocenters. The fourth-order valence-corrected chi connectivity index (χ4v) is 8.19. The van der Waals surface area contributed by atoms with Gasteiger partial charge in [-0.2, -0.15) is 0 Å². The third kappa shape index (κ3) is 5.77. The molecule has 9 aromatic rings. The number of aromatic nitrogens is 1. The second kappa shape index (κ2) is 13.7. The molecule has 8 aromatic carbocycles. The minimum absolute atomic E-state index is 1.12. The average Bonchev–Trinajstić information content (AvgIpc) is 3.55. The van der Waals surface area contributed by atoms with Crippen LogP contribution in [0.4, 0.5) is 17.1 Å². The summed E-state index contributed by atoms with van der Waals surface area (Å²) < 4.78 is 2.43. The summed E-state index contributed by atoms with van der Waals surface area (Å²) in [5.74, 6) is 0. The highest BCUT2D eigenvalue weighted by molar-refractivity contribution is 6.09. The van der Waals surface area contributed by atoms with E-state index in [2.05, 4.69) is 219 Å². The third-order valence-electron chi connectivity index (χ3n) is 11.1. The van der Waals surface area contributed by atoms with Gasteiger partial charge in [0.05, 0.1) is 11.0 Å². The Balaban J connectivity index is 1.05. The van der Waals surface area contributed by atoms with Gasteiger partial charge in [-0.3, -0.25) is 0 Å². The molecule has 0 atom stereocenters. The predicted octanol–water partition coefficient (Wildman–Crippen LogP) is 14.5. The van der Waals surface area contributed by atoms with Crippen LogP contribution in [0.25, 0.3) is 60.9 Å². The molecule has 54 heavy (non-hydrogen) atoms. The van der Waals surface area contributed by atoms with E-state index in [1.54, 1.807) is 0 Å². The van der Waals surface area contributed by atoms with Crippen LogP contribution in [-0.4, -0.2) is 4.57 Å². The topological polar surface area (TPSA) is 8.17 Å². The Kier molecular flexibility index (Phi) is 8.44. The second-order valence-corrected chi connectivity index (χ2v) is 14.4. The largest absolute Gasteiger partial charge is 0.311 e. The number of hydrogen-bond acceptors (Lipinski definition) is 1. The second-order valence-electron chi connectivity index (χ2n) is 14.4. The van der Waals surface area contributed by atoms with Crippen molar-refractivity contribution in [2.24, 2.45) is 0 Å². The van der Waals surface area contributed by atoms with Crippen LogP contribution >= 0.6 is 0 Å². The van der Waals surface area contributed by atoms with Crippen molar-refractivity contribution in [3.8, 4) is 39.1 Å². The van der Waals surface area contributed by atoms with E-state index in [4.69, 9.17) is 0 Å². The smallest absolute Gasteiger partial charge is 0.0541 e. The van der Waals surface area contributed by atoms with E-state index in [9.17, 15) is 0 Å². The van der Waals surface area contributed by atoms with Gasteiger partial charge >= 0.3 is 0 Å². The first kappa shape index (κ1) is 33.2. The average molecular weight is 695 g/mol. The van der Waals surface area contributed by atoms with E-state index < -0.39 is 0 Å². The predicted molar refractivity (Wildman–Crippen MR) is 231 cm³/mol. The molecule has 0 radical (unpaired) electrons. The third-order valence-corrected chi connectivity index (χ3v) is 11.1. The molecule has 0 saturated carbocycles. The van der Waals surface area contributed by atoms with Crippen molar-refractivity contribution in [2.45, 2.75) is 27.7 Å². The lowest BCUT2D eigenvalue weighted by atomic mass is 9.88. The van der Waals surface area contributed by atoms with Crippen LogP contribution in [-0.2, 0) is 0 Å². The zero-order valence-electron chi connectivity index (χ0n) is 31.2. The molecule has 0 aliphatic rings. The molecule has 0 aliphatic carbocycles. The van der Waals surface area contributed by atoms with Crippen molar-refractivity contribution in [3.05, 3.63) is 204 Å². The maximum atomic E-state index is 2.43. The van der Waals surface area contributed by atoms with Gasteiger partial charge in [0.25, 0.3) is 0 Å². The van der Waals surface area contributed by atoms with E-state index in [0.717, 1.165) is 17.1 Å². The van der Waals surface area contributed by atoms with Crippen LogP contribution in [0, 0.1) is 27.7 Å². The molecule has 0 amide bonds. The molecule has 0 fully saturated rings. The van der Waals surface area contributed by atoms with E-state index in [0.29, 0.717) is 0 Å². The summed E-state index contributed by atoms with van der Waals surface area (Å²) in [5, 5.41) is 2.57. The van der Waals surface area contributed by atoms with Gasteiger partial charge in [0.15, 0.2) is 0 Å². The number of nitrogens with zero attached hydrogens (tertiary/aromatic N) is 2. The molecule has 260 valence electrons. The van der Waals surface area contributed by atoms with Gasteiger partial charge in [0.1, 0.15) is 0 Å². The van der Waals surface area contributed by atoms with Crippen molar-refractivity contribution in [3.63, 3.8) is 0 Å². The van der Waals surface area contributed by atoms with Gasteiger partial charge in [-0.25, -0.2) is 0 Å². The van der Waals surface area contributed by atoms with E-state index in [1.165, 1.54) is 83.1 Å². The van der Waals surface area contributed by atoms with Crippen LogP contribution in [0.5, 0.6) is 0 Å². The fraction of sp³-hybridized carbons (Fsp3) is 0.0769. The number of hydrogen-bond donors (Lipinski definition) is 0. The number of anilines is 3. The van der Waals surface area contributed by atoms with Crippen molar-refractivity contribution >= 4 is 38.9 Å². The summed E-state index contributed by atoms with van der Waals surface area (Å²) in [6.07, 6.45) is 0. The van der Waals surface area contributed by atoms with Crippen LogP contribution in [0.1, 0.15) is 22.3 Å². The zero-order valence-corrected chi connectivity index (χ0v) is 31.2. The summed E-state index contributed by atoms with van der Waals surface area (Å²) in [5.41, 5.74) is 19.7. The Hall–Kier alpha value is -6.64. The van der Waals surface area contributed by atoms with Crippen molar-refractivity contribution in [2.75, 3.05) is 4.90 Å². The van der Waals surface area contributed by atoms with Crippen LogP contribution < -0.4 is 4.90 Å². The first-order valence-electron chi connectivity index (χ1n) is 18.8. The number of rotatable bonds is 7. The molecule has 0 aliphatic heterocycles. The lowest BCUT2D eigenvalue weighted by Gasteiger charge is -2.26. The van der Waals surface area contributed by atoms with Gasteiger partial charge in [0, 0.05) is 33.5 Å². The van der Waals surface area contributed by atoms with Crippen molar-refractivity contribution in [1.29, 1.82) is 0 Å². The summed E-state index contributed by atoms with van der Waals surface area (Å²) in [7, 11) is 0. The van der Waals surface area contributed by atoms with E-state index in [1.807, 2.05) is 0 Å². The molecule has 2 heteroatoms.